The number of nitrogens with one attached hydrogen (secondary N) is 1. The molecule has 0 spiro atoms. The second kappa shape index (κ2) is 4.20. The Labute approximate surface area is 83.4 Å². The number of nitrogens with zero attached hydrogens (tertiary/aromatic N) is 1. The summed E-state index contributed by atoms with van der Waals surface area (Å²) in [6.07, 6.45) is 3.82. The van der Waals surface area contributed by atoms with Crippen molar-refractivity contribution in [2.45, 2.75) is 26.2 Å². The van der Waals surface area contributed by atoms with Gasteiger partial charge < -0.3 is 5.32 Å². The molecule has 0 radical (unpaired) electrons. The molecular weight excluding hydrogens is 180 g/mol. The third-order valence-electron chi connectivity index (χ3n) is 2.79. The Bertz CT molecular complexity index is 264. The van der Waals surface area contributed by atoms with E-state index in [1.165, 1.54) is 42.9 Å². The highest BCUT2D eigenvalue weighted by Crippen LogP contribution is 2.20. The summed E-state index contributed by atoms with van der Waals surface area (Å²) in [4.78, 5) is 5.81. The maximum Gasteiger partial charge on any atom is 0.0797 e. The standard InChI is InChI=1S/C10H16N2S/c1-8-10(12-7-13-8)6-9-2-4-11-5-3-9/h7,9,11H,2-6H2,1H3. The van der Waals surface area contributed by atoms with Crippen molar-refractivity contribution < 1.29 is 0 Å². The second-order valence-corrected chi connectivity index (χ2v) is 4.81. The molecule has 2 rings (SSSR count). The fourth-order valence-corrected chi connectivity index (χ4v) is 2.49. The molecule has 0 bridgehead atoms. The van der Waals surface area contributed by atoms with Crippen molar-refractivity contribution in [3.63, 3.8) is 0 Å². The van der Waals surface area contributed by atoms with E-state index < -0.39 is 0 Å². The summed E-state index contributed by atoms with van der Waals surface area (Å²) in [6, 6.07) is 0. The Morgan fingerprint density at radius 1 is 1.54 bits per heavy atom. The van der Waals surface area contributed by atoms with Crippen LogP contribution in [-0.4, -0.2) is 18.1 Å². The summed E-state index contributed by atoms with van der Waals surface area (Å²) in [5, 5.41) is 3.39. The lowest BCUT2D eigenvalue weighted by Crippen LogP contribution is -2.28. The highest BCUT2D eigenvalue weighted by molar-refractivity contribution is 7.09. The summed E-state index contributed by atoms with van der Waals surface area (Å²) < 4.78 is 0. The van der Waals surface area contributed by atoms with Crippen molar-refractivity contribution in [3.05, 3.63) is 16.1 Å². The molecule has 1 saturated heterocycles. The van der Waals surface area contributed by atoms with Crippen LogP contribution in [-0.2, 0) is 6.42 Å². The smallest absolute Gasteiger partial charge is 0.0797 e. The predicted octanol–water partition coefficient (Wildman–Crippen LogP) is 1.99. The monoisotopic (exact) mass is 196 g/mol. The fraction of sp³-hybridized carbons (Fsp3) is 0.700. The molecule has 13 heavy (non-hydrogen) atoms. The highest BCUT2D eigenvalue weighted by Gasteiger charge is 2.15. The van der Waals surface area contributed by atoms with Crippen molar-refractivity contribution >= 4 is 11.3 Å². The number of aryl methyl sites for hydroxylation is 1. The van der Waals surface area contributed by atoms with Gasteiger partial charge in [0.05, 0.1) is 11.2 Å². The van der Waals surface area contributed by atoms with Gasteiger partial charge in [-0.3, -0.25) is 0 Å². The zero-order valence-corrected chi connectivity index (χ0v) is 8.86. The van der Waals surface area contributed by atoms with E-state index in [1.807, 2.05) is 5.51 Å². The van der Waals surface area contributed by atoms with Gasteiger partial charge in [-0.2, -0.15) is 0 Å². The lowest BCUT2D eigenvalue weighted by molar-refractivity contribution is 0.370. The van der Waals surface area contributed by atoms with E-state index in [0.29, 0.717) is 0 Å². The first-order valence-electron chi connectivity index (χ1n) is 4.96. The van der Waals surface area contributed by atoms with Crippen LogP contribution in [0.1, 0.15) is 23.4 Å². The second-order valence-electron chi connectivity index (χ2n) is 3.75. The van der Waals surface area contributed by atoms with Gasteiger partial charge in [-0.1, -0.05) is 0 Å². The van der Waals surface area contributed by atoms with Crippen LogP contribution in [0, 0.1) is 12.8 Å². The van der Waals surface area contributed by atoms with Crippen molar-refractivity contribution in [2.75, 3.05) is 13.1 Å². The van der Waals surface area contributed by atoms with E-state index in [4.69, 9.17) is 0 Å². The lowest BCUT2D eigenvalue weighted by Gasteiger charge is -2.21. The largest absolute Gasteiger partial charge is 0.317 e. The Balaban J connectivity index is 1.93. The van der Waals surface area contributed by atoms with Crippen molar-refractivity contribution in [3.8, 4) is 0 Å². The number of rotatable bonds is 2. The molecule has 0 aliphatic carbocycles. The summed E-state index contributed by atoms with van der Waals surface area (Å²) in [5.41, 5.74) is 3.29. The maximum atomic E-state index is 4.41. The van der Waals surface area contributed by atoms with Crippen molar-refractivity contribution in [1.82, 2.24) is 10.3 Å². The van der Waals surface area contributed by atoms with Gasteiger partial charge in [0.15, 0.2) is 0 Å². The molecule has 1 aromatic heterocycles. The van der Waals surface area contributed by atoms with E-state index in [9.17, 15) is 0 Å². The first-order valence-corrected chi connectivity index (χ1v) is 5.84. The van der Waals surface area contributed by atoms with Gasteiger partial charge in [0, 0.05) is 4.88 Å². The number of aromatic nitrogens is 1. The van der Waals surface area contributed by atoms with Gasteiger partial charge in [0.2, 0.25) is 0 Å². The third-order valence-corrected chi connectivity index (χ3v) is 3.59. The quantitative estimate of drug-likeness (QED) is 0.782. The zero-order chi connectivity index (χ0) is 9.10. The number of hydrogen-bond donors (Lipinski definition) is 1. The molecule has 0 unspecified atom stereocenters. The number of piperidine rings is 1. The predicted molar refractivity (Wildman–Crippen MR) is 56.1 cm³/mol. The number of hydrogen-bond acceptors (Lipinski definition) is 3. The van der Waals surface area contributed by atoms with Gasteiger partial charge in [-0.05, 0) is 45.2 Å². The minimum absolute atomic E-state index is 0.863. The van der Waals surface area contributed by atoms with Crippen LogP contribution in [0.5, 0.6) is 0 Å². The van der Waals surface area contributed by atoms with Crippen LogP contribution in [0.3, 0.4) is 0 Å². The van der Waals surface area contributed by atoms with Crippen LogP contribution in [0.25, 0.3) is 0 Å². The Morgan fingerprint density at radius 2 is 2.31 bits per heavy atom. The van der Waals surface area contributed by atoms with Gasteiger partial charge >= 0.3 is 0 Å². The van der Waals surface area contributed by atoms with E-state index in [1.54, 1.807) is 11.3 Å². The molecule has 1 N–H and O–H groups in total. The maximum absolute atomic E-state index is 4.41. The van der Waals surface area contributed by atoms with E-state index >= 15 is 0 Å². The minimum atomic E-state index is 0.863. The first-order chi connectivity index (χ1) is 6.36. The SMILES string of the molecule is Cc1scnc1CC1CCNCC1. The normalized spacial score (nSPS) is 19.2. The van der Waals surface area contributed by atoms with Crippen LogP contribution in [0.4, 0.5) is 0 Å². The van der Waals surface area contributed by atoms with E-state index in [0.717, 1.165) is 5.92 Å². The van der Waals surface area contributed by atoms with Gasteiger partial charge in [0.1, 0.15) is 0 Å². The number of thiazole rings is 1. The first kappa shape index (κ1) is 9.16. The molecule has 1 aliphatic rings. The molecule has 0 amide bonds. The molecule has 72 valence electrons. The van der Waals surface area contributed by atoms with Crippen molar-refractivity contribution in [1.29, 1.82) is 0 Å². The minimum Gasteiger partial charge on any atom is -0.317 e. The van der Waals surface area contributed by atoms with Gasteiger partial charge in [-0.15, -0.1) is 11.3 Å². The molecule has 2 nitrogen and oxygen atoms in total. The zero-order valence-electron chi connectivity index (χ0n) is 8.05. The van der Waals surface area contributed by atoms with E-state index in [-0.39, 0.29) is 0 Å². The molecule has 1 aromatic rings. The lowest BCUT2D eigenvalue weighted by atomic mass is 9.93. The molecule has 2 heterocycles. The van der Waals surface area contributed by atoms with Gasteiger partial charge in [-0.25, -0.2) is 4.98 Å². The van der Waals surface area contributed by atoms with E-state index in [2.05, 4.69) is 17.2 Å². The third kappa shape index (κ3) is 2.29. The van der Waals surface area contributed by atoms with Crippen molar-refractivity contribution in [2.24, 2.45) is 5.92 Å². The van der Waals surface area contributed by atoms with Crippen LogP contribution >= 0.6 is 11.3 Å². The Hall–Kier alpha value is -0.410. The summed E-state index contributed by atoms with van der Waals surface area (Å²) >= 11 is 1.77. The topological polar surface area (TPSA) is 24.9 Å². The average molecular weight is 196 g/mol. The summed E-state index contributed by atoms with van der Waals surface area (Å²) in [6.45, 7) is 4.55. The molecule has 1 fully saturated rings. The molecule has 0 aromatic carbocycles. The van der Waals surface area contributed by atoms with Crippen LogP contribution < -0.4 is 5.32 Å². The highest BCUT2D eigenvalue weighted by atomic mass is 32.1. The Morgan fingerprint density at radius 3 is 2.92 bits per heavy atom. The van der Waals surface area contributed by atoms with Crippen LogP contribution in [0.15, 0.2) is 5.51 Å². The summed E-state index contributed by atoms with van der Waals surface area (Å²) in [7, 11) is 0. The molecule has 3 heteroatoms. The molecule has 0 saturated carbocycles. The molecular formula is C10H16N2S. The van der Waals surface area contributed by atoms with Crippen LogP contribution in [0.2, 0.25) is 0 Å². The fourth-order valence-electron chi connectivity index (χ4n) is 1.88. The summed E-state index contributed by atoms with van der Waals surface area (Å²) in [5.74, 6) is 0.863. The molecule has 0 atom stereocenters. The average Bonchev–Trinajstić information content (AvgIpc) is 2.54. The molecule has 1 aliphatic heterocycles. The Kier molecular flexibility index (Phi) is 2.96. The van der Waals surface area contributed by atoms with Gasteiger partial charge in [0.25, 0.3) is 0 Å².